The van der Waals surface area contributed by atoms with Crippen molar-refractivity contribution in [1.29, 1.82) is 0 Å². The summed E-state index contributed by atoms with van der Waals surface area (Å²) in [7, 11) is 3.05. The van der Waals surface area contributed by atoms with Gasteiger partial charge in [-0.15, -0.1) is 0 Å². The fourth-order valence-corrected chi connectivity index (χ4v) is 3.93. The molecule has 3 aromatic carbocycles. The van der Waals surface area contributed by atoms with Crippen LogP contribution in [0.2, 0.25) is 0 Å². The molecule has 0 atom stereocenters. The molecular formula is C20H16N2O3S. The van der Waals surface area contributed by atoms with Crippen LogP contribution in [0.15, 0.2) is 54.6 Å². The van der Waals surface area contributed by atoms with E-state index in [1.165, 1.54) is 25.6 Å². The molecule has 0 radical (unpaired) electrons. The first kappa shape index (κ1) is 16.4. The Hall–Kier alpha value is -3.12. The number of para-hydroxylation sites is 1. The zero-order valence-corrected chi connectivity index (χ0v) is 15.1. The molecule has 4 aromatic rings. The fourth-order valence-electron chi connectivity index (χ4n) is 2.94. The lowest BCUT2D eigenvalue weighted by atomic mass is 10.1. The number of nitrogens with zero attached hydrogens (tertiary/aromatic N) is 1. The molecule has 1 heterocycles. The molecule has 1 aromatic heterocycles. The molecule has 5 nitrogen and oxygen atoms in total. The zero-order valence-electron chi connectivity index (χ0n) is 14.3. The summed E-state index contributed by atoms with van der Waals surface area (Å²) in [5.41, 5.74) is 1.26. The van der Waals surface area contributed by atoms with Crippen molar-refractivity contribution in [3.63, 3.8) is 0 Å². The minimum Gasteiger partial charge on any atom is -0.493 e. The molecule has 0 unspecified atom stereocenters. The average molecular weight is 364 g/mol. The maximum absolute atomic E-state index is 12.7. The van der Waals surface area contributed by atoms with E-state index in [1.54, 1.807) is 18.2 Å². The third kappa shape index (κ3) is 2.74. The smallest absolute Gasteiger partial charge is 0.261 e. The summed E-state index contributed by atoms with van der Waals surface area (Å²) in [6, 6.07) is 17.3. The molecule has 0 saturated carbocycles. The molecule has 26 heavy (non-hydrogen) atoms. The Morgan fingerprint density at radius 2 is 1.85 bits per heavy atom. The van der Waals surface area contributed by atoms with Gasteiger partial charge in [-0.25, -0.2) is 4.98 Å². The second kappa shape index (κ2) is 6.65. The molecule has 6 heteroatoms. The lowest BCUT2D eigenvalue weighted by molar-refractivity contribution is 0.102. The van der Waals surface area contributed by atoms with Gasteiger partial charge in [-0.3, -0.25) is 10.1 Å². The van der Waals surface area contributed by atoms with Crippen molar-refractivity contribution in [2.75, 3.05) is 19.5 Å². The zero-order chi connectivity index (χ0) is 18.1. The van der Waals surface area contributed by atoms with Crippen molar-refractivity contribution < 1.29 is 14.3 Å². The molecule has 1 N–H and O–H groups in total. The predicted molar refractivity (Wildman–Crippen MR) is 105 cm³/mol. The molecule has 4 rings (SSSR count). The van der Waals surface area contributed by atoms with Gasteiger partial charge in [-0.2, -0.15) is 0 Å². The number of rotatable bonds is 4. The maximum atomic E-state index is 12.7. The number of aromatic nitrogens is 1. The van der Waals surface area contributed by atoms with Gasteiger partial charge in [0, 0.05) is 5.39 Å². The van der Waals surface area contributed by atoms with Gasteiger partial charge in [0.25, 0.3) is 5.91 Å². The van der Waals surface area contributed by atoms with E-state index in [4.69, 9.17) is 9.47 Å². The van der Waals surface area contributed by atoms with Crippen LogP contribution in [-0.2, 0) is 0 Å². The van der Waals surface area contributed by atoms with E-state index in [0.29, 0.717) is 22.2 Å². The van der Waals surface area contributed by atoms with Gasteiger partial charge in [0.05, 0.1) is 30.0 Å². The van der Waals surface area contributed by atoms with Gasteiger partial charge in [0.15, 0.2) is 16.6 Å². The highest BCUT2D eigenvalue weighted by atomic mass is 32.1. The molecule has 0 fully saturated rings. The first-order valence-corrected chi connectivity index (χ1v) is 8.83. The second-order valence-corrected chi connectivity index (χ2v) is 6.65. The number of hydrogen-bond donors (Lipinski definition) is 1. The quantitative estimate of drug-likeness (QED) is 0.569. The van der Waals surface area contributed by atoms with Crippen molar-refractivity contribution in [1.82, 2.24) is 4.98 Å². The highest BCUT2D eigenvalue weighted by molar-refractivity contribution is 7.23. The molecule has 130 valence electrons. The molecule has 1 amide bonds. The minimum atomic E-state index is -0.288. The van der Waals surface area contributed by atoms with Gasteiger partial charge in [0.2, 0.25) is 0 Å². The van der Waals surface area contributed by atoms with Crippen LogP contribution in [0.5, 0.6) is 11.5 Å². The van der Waals surface area contributed by atoms with Gasteiger partial charge >= 0.3 is 0 Å². The second-order valence-electron chi connectivity index (χ2n) is 5.65. The van der Waals surface area contributed by atoms with Gasteiger partial charge in [-0.05, 0) is 23.6 Å². The molecular weight excluding hydrogens is 348 g/mol. The van der Waals surface area contributed by atoms with Crippen molar-refractivity contribution in [3.05, 3.63) is 60.2 Å². The van der Waals surface area contributed by atoms with E-state index in [0.717, 1.165) is 21.0 Å². The maximum Gasteiger partial charge on any atom is 0.261 e. The van der Waals surface area contributed by atoms with E-state index in [2.05, 4.69) is 22.4 Å². The summed E-state index contributed by atoms with van der Waals surface area (Å²) in [5.74, 6) is 0.624. The number of nitrogens with one attached hydrogen (secondary N) is 1. The number of anilines is 1. The summed E-state index contributed by atoms with van der Waals surface area (Å²) < 4.78 is 11.6. The van der Waals surface area contributed by atoms with Crippen LogP contribution in [0.4, 0.5) is 5.13 Å². The number of methoxy groups -OCH3 is 2. The van der Waals surface area contributed by atoms with Crippen LogP contribution in [-0.4, -0.2) is 25.1 Å². The van der Waals surface area contributed by atoms with Crippen LogP contribution in [0, 0.1) is 0 Å². The van der Waals surface area contributed by atoms with Crippen molar-refractivity contribution >= 4 is 43.4 Å². The van der Waals surface area contributed by atoms with Crippen LogP contribution < -0.4 is 14.8 Å². The van der Waals surface area contributed by atoms with Crippen LogP contribution >= 0.6 is 11.3 Å². The third-order valence-corrected chi connectivity index (χ3v) is 5.17. The Morgan fingerprint density at radius 1 is 1.00 bits per heavy atom. The van der Waals surface area contributed by atoms with E-state index >= 15 is 0 Å². The largest absolute Gasteiger partial charge is 0.493 e. The number of amides is 1. The lowest BCUT2D eigenvalue weighted by Gasteiger charge is -2.11. The predicted octanol–water partition coefficient (Wildman–Crippen LogP) is 4.72. The Kier molecular flexibility index (Phi) is 4.18. The summed E-state index contributed by atoms with van der Waals surface area (Å²) in [6.45, 7) is 0. The topological polar surface area (TPSA) is 60.5 Å². The molecule has 0 aliphatic carbocycles. The SMILES string of the molecule is COc1cccc(C(=O)Nc2nc3ccc4ccccc4c3s2)c1OC. The standard InChI is InChI=1S/C20H16N2O3S/c1-24-16-9-5-8-14(17(16)25-2)19(23)22-20-21-15-11-10-12-6-3-4-7-13(12)18(15)26-20/h3-11H,1-2H3,(H,21,22,23). The van der Waals surface area contributed by atoms with E-state index in [1.807, 2.05) is 24.3 Å². The van der Waals surface area contributed by atoms with Crippen LogP contribution in [0.3, 0.4) is 0 Å². The highest BCUT2D eigenvalue weighted by Crippen LogP contribution is 2.34. The number of thiazole rings is 1. The first-order valence-electron chi connectivity index (χ1n) is 8.02. The Morgan fingerprint density at radius 3 is 2.65 bits per heavy atom. The number of benzene rings is 3. The van der Waals surface area contributed by atoms with Crippen molar-refractivity contribution in [2.24, 2.45) is 0 Å². The summed E-state index contributed by atoms with van der Waals surface area (Å²) in [4.78, 5) is 17.3. The Labute approximate surface area is 154 Å². The van der Waals surface area contributed by atoms with Crippen LogP contribution in [0.25, 0.3) is 21.0 Å². The minimum absolute atomic E-state index is 0.288. The molecule has 0 aliphatic rings. The van der Waals surface area contributed by atoms with Crippen molar-refractivity contribution in [2.45, 2.75) is 0 Å². The summed E-state index contributed by atoms with van der Waals surface area (Å²) in [5, 5.41) is 5.69. The third-order valence-electron chi connectivity index (χ3n) is 4.15. The van der Waals surface area contributed by atoms with E-state index in [9.17, 15) is 4.79 Å². The Bertz CT molecular complexity index is 1120. The Balaban J connectivity index is 1.71. The molecule has 0 aliphatic heterocycles. The molecule has 0 saturated heterocycles. The fraction of sp³-hybridized carbons (Fsp3) is 0.100. The van der Waals surface area contributed by atoms with Crippen molar-refractivity contribution in [3.8, 4) is 11.5 Å². The normalized spacial score (nSPS) is 10.8. The number of carbonyl (C=O) groups is 1. The summed E-state index contributed by atoms with van der Waals surface area (Å²) >= 11 is 1.46. The van der Waals surface area contributed by atoms with E-state index < -0.39 is 0 Å². The molecule has 0 spiro atoms. The molecule has 0 bridgehead atoms. The van der Waals surface area contributed by atoms with Crippen LogP contribution in [0.1, 0.15) is 10.4 Å². The first-order chi connectivity index (χ1) is 12.7. The summed E-state index contributed by atoms with van der Waals surface area (Å²) in [6.07, 6.45) is 0. The van der Waals surface area contributed by atoms with Gasteiger partial charge in [-0.1, -0.05) is 47.7 Å². The number of carbonyl (C=O) groups excluding carboxylic acids is 1. The monoisotopic (exact) mass is 364 g/mol. The number of fused-ring (bicyclic) bond motifs is 3. The van der Waals surface area contributed by atoms with Gasteiger partial charge < -0.3 is 9.47 Å². The number of ether oxygens (including phenoxy) is 2. The highest BCUT2D eigenvalue weighted by Gasteiger charge is 2.18. The average Bonchev–Trinajstić information content (AvgIpc) is 3.10. The lowest BCUT2D eigenvalue weighted by Crippen LogP contribution is -2.13. The van der Waals surface area contributed by atoms with E-state index in [-0.39, 0.29) is 5.91 Å². The number of hydrogen-bond acceptors (Lipinski definition) is 5. The van der Waals surface area contributed by atoms with Gasteiger partial charge in [0.1, 0.15) is 0 Å².